The molecule has 0 spiro atoms. The molecule has 0 saturated heterocycles. The van der Waals surface area contributed by atoms with E-state index in [-0.39, 0.29) is 6.10 Å². The molecular weight excluding hydrogens is 228 g/mol. The lowest BCUT2D eigenvalue weighted by Gasteiger charge is -2.14. The zero-order valence-electron chi connectivity index (χ0n) is 9.83. The van der Waals surface area contributed by atoms with Crippen LogP contribution in [0.25, 0.3) is 0 Å². The maximum absolute atomic E-state index is 5.76. The molecule has 1 unspecified atom stereocenters. The minimum Gasteiger partial charge on any atom is -0.493 e. The molecule has 3 nitrogen and oxygen atoms in total. The molecule has 1 aromatic rings. The maximum atomic E-state index is 5.76. The molecule has 1 aromatic carbocycles. The molecule has 0 bridgehead atoms. The Morgan fingerprint density at radius 3 is 2.56 bits per heavy atom. The van der Waals surface area contributed by atoms with Crippen LogP contribution in [-0.4, -0.2) is 26.9 Å². The van der Waals surface area contributed by atoms with E-state index in [1.165, 1.54) is 0 Å². The number of hydrogen-bond donors (Lipinski definition) is 0. The lowest BCUT2D eigenvalue weighted by molar-refractivity contribution is 0.0706. The Hall–Kier alpha value is -0.930. The molecule has 90 valence electrons. The highest BCUT2D eigenvalue weighted by atomic mass is 35.5. The van der Waals surface area contributed by atoms with Crippen LogP contribution in [0.2, 0.25) is 0 Å². The van der Waals surface area contributed by atoms with Gasteiger partial charge < -0.3 is 14.2 Å². The molecule has 0 heterocycles. The summed E-state index contributed by atoms with van der Waals surface area (Å²) in [7, 11) is 3.27. The quantitative estimate of drug-likeness (QED) is 0.721. The fourth-order valence-corrected chi connectivity index (χ4v) is 1.36. The molecule has 1 rings (SSSR count). The summed E-state index contributed by atoms with van der Waals surface area (Å²) in [5.74, 6) is 1.86. The standard InChI is InChI=1S/C12H17ClO3/c1-9(14-2)8-16-12-6-10(7-13)4-5-11(12)15-3/h4-6,9H,7-8H2,1-3H3. The van der Waals surface area contributed by atoms with Gasteiger partial charge in [-0.05, 0) is 24.6 Å². The first-order valence-electron chi connectivity index (χ1n) is 5.09. The number of rotatable bonds is 6. The third kappa shape index (κ3) is 3.58. The Labute approximate surface area is 101 Å². The van der Waals surface area contributed by atoms with Crippen molar-refractivity contribution < 1.29 is 14.2 Å². The summed E-state index contributed by atoms with van der Waals surface area (Å²) in [4.78, 5) is 0. The van der Waals surface area contributed by atoms with E-state index >= 15 is 0 Å². The first kappa shape index (κ1) is 13.1. The SMILES string of the molecule is COc1ccc(CCl)cc1OCC(C)OC. The number of benzene rings is 1. The number of halogens is 1. The molecule has 0 N–H and O–H groups in total. The van der Waals surface area contributed by atoms with Gasteiger partial charge in [-0.15, -0.1) is 11.6 Å². The smallest absolute Gasteiger partial charge is 0.161 e. The summed E-state index contributed by atoms with van der Waals surface area (Å²) in [5.41, 5.74) is 1.00. The largest absolute Gasteiger partial charge is 0.493 e. The minimum atomic E-state index is 0.0457. The van der Waals surface area contributed by atoms with Gasteiger partial charge in [0, 0.05) is 13.0 Å². The minimum absolute atomic E-state index is 0.0457. The van der Waals surface area contributed by atoms with E-state index in [9.17, 15) is 0 Å². The Morgan fingerprint density at radius 1 is 1.25 bits per heavy atom. The Balaban J connectivity index is 2.75. The zero-order chi connectivity index (χ0) is 12.0. The molecule has 16 heavy (non-hydrogen) atoms. The van der Waals surface area contributed by atoms with Crippen LogP contribution in [-0.2, 0) is 10.6 Å². The summed E-state index contributed by atoms with van der Waals surface area (Å²) in [6.45, 7) is 2.43. The van der Waals surface area contributed by atoms with Crippen LogP contribution in [0, 0.1) is 0 Å². The molecule has 0 amide bonds. The summed E-state index contributed by atoms with van der Waals surface area (Å²) in [6.07, 6.45) is 0.0457. The first-order valence-corrected chi connectivity index (χ1v) is 5.63. The number of alkyl halides is 1. The molecule has 1 atom stereocenters. The molecule has 4 heteroatoms. The molecule has 0 aromatic heterocycles. The van der Waals surface area contributed by atoms with E-state index in [0.717, 1.165) is 5.56 Å². The third-order valence-electron chi connectivity index (χ3n) is 2.26. The van der Waals surface area contributed by atoms with Gasteiger partial charge in [0.1, 0.15) is 6.61 Å². The van der Waals surface area contributed by atoms with Gasteiger partial charge in [-0.2, -0.15) is 0 Å². The van der Waals surface area contributed by atoms with Gasteiger partial charge in [0.25, 0.3) is 0 Å². The summed E-state index contributed by atoms with van der Waals surface area (Å²) >= 11 is 5.76. The molecule has 0 aliphatic rings. The predicted octanol–water partition coefficient (Wildman–Crippen LogP) is 2.85. The Bertz CT molecular complexity index is 328. The zero-order valence-corrected chi connectivity index (χ0v) is 10.6. The summed E-state index contributed by atoms with van der Waals surface area (Å²) in [6, 6.07) is 5.65. The molecule has 0 fully saturated rings. The van der Waals surface area contributed by atoms with E-state index in [0.29, 0.717) is 24.0 Å². The Morgan fingerprint density at radius 2 is 2.00 bits per heavy atom. The van der Waals surface area contributed by atoms with Crippen molar-refractivity contribution in [1.82, 2.24) is 0 Å². The van der Waals surface area contributed by atoms with Crippen LogP contribution in [0.3, 0.4) is 0 Å². The fourth-order valence-electron chi connectivity index (χ4n) is 1.19. The van der Waals surface area contributed by atoms with Crippen molar-refractivity contribution >= 4 is 11.6 Å². The monoisotopic (exact) mass is 244 g/mol. The van der Waals surface area contributed by atoms with Crippen LogP contribution < -0.4 is 9.47 Å². The average molecular weight is 245 g/mol. The Kier molecular flexibility index (Phi) is 5.43. The average Bonchev–Trinajstić information content (AvgIpc) is 2.35. The summed E-state index contributed by atoms with van der Waals surface area (Å²) < 4.78 is 15.9. The fraction of sp³-hybridized carbons (Fsp3) is 0.500. The highest BCUT2D eigenvalue weighted by Crippen LogP contribution is 2.28. The first-order chi connectivity index (χ1) is 7.71. The van der Waals surface area contributed by atoms with Crippen molar-refractivity contribution in [3.63, 3.8) is 0 Å². The second kappa shape index (κ2) is 6.61. The number of ether oxygens (including phenoxy) is 3. The molecular formula is C12H17ClO3. The van der Waals surface area contributed by atoms with Gasteiger partial charge in [0.2, 0.25) is 0 Å². The van der Waals surface area contributed by atoms with Gasteiger partial charge in [-0.1, -0.05) is 6.07 Å². The van der Waals surface area contributed by atoms with E-state index in [4.69, 9.17) is 25.8 Å². The normalized spacial score (nSPS) is 12.2. The van der Waals surface area contributed by atoms with Gasteiger partial charge in [0.15, 0.2) is 11.5 Å². The lowest BCUT2D eigenvalue weighted by Crippen LogP contribution is -2.16. The van der Waals surface area contributed by atoms with Crippen LogP contribution in [0.5, 0.6) is 11.5 Å². The van der Waals surface area contributed by atoms with E-state index < -0.39 is 0 Å². The second-order valence-corrected chi connectivity index (χ2v) is 3.74. The molecule has 0 radical (unpaired) electrons. The van der Waals surface area contributed by atoms with Crippen LogP contribution in [0.1, 0.15) is 12.5 Å². The topological polar surface area (TPSA) is 27.7 Å². The van der Waals surface area contributed by atoms with Gasteiger partial charge in [-0.25, -0.2) is 0 Å². The highest BCUT2D eigenvalue weighted by Gasteiger charge is 2.07. The third-order valence-corrected chi connectivity index (χ3v) is 2.57. The van der Waals surface area contributed by atoms with Crippen LogP contribution in [0.15, 0.2) is 18.2 Å². The number of hydrogen-bond acceptors (Lipinski definition) is 3. The van der Waals surface area contributed by atoms with E-state index in [1.54, 1.807) is 14.2 Å². The predicted molar refractivity (Wildman–Crippen MR) is 64.5 cm³/mol. The van der Waals surface area contributed by atoms with Crippen LogP contribution >= 0.6 is 11.6 Å². The van der Waals surface area contributed by atoms with Crippen molar-refractivity contribution in [2.24, 2.45) is 0 Å². The van der Waals surface area contributed by atoms with E-state index in [2.05, 4.69) is 0 Å². The van der Waals surface area contributed by atoms with Crippen molar-refractivity contribution in [1.29, 1.82) is 0 Å². The van der Waals surface area contributed by atoms with Gasteiger partial charge >= 0.3 is 0 Å². The van der Waals surface area contributed by atoms with Crippen molar-refractivity contribution in [3.8, 4) is 11.5 Å². The summed E-state index contributed by atoms with van der Waals surface area (Å²) in [5, 5.41) is 0. The number of methoxy groups -OCH3 is 2. The lowest BCUT2D eigenvalue weighted by atomic mass is 10.2. The van der Waals surface area contributed by atoms with Crippen molar-refractivity contribution in [2.45, 2.75) is 18.9 Å². The molecule has 0 aliphatic carbocycles. The second-order valence-electron chi connectivity index (χ2n) is 3.48. The molecule has 0 saturated carbocycles. The van der Waals surface area contributed by atoms with Gasteiger partial charge in [-0.3, -0.25) is 0 Å². The highest BCUT2D eigenvalue weighted by molar-refractivity contribution is 6.17. The van der Waals surface area contributed by atoms with Crippen molar-refractivity contribution in [2.75, 3.05) is 20.8 Å². The van der Waals surface area contributed by atoms with Gasteiger partial charge in [0.05, 0.1) is 13.2 Å². The molecule has 0 aliphatic heterocycles. The van der Waals surface area contributed by atoms with Crippen LogP contribution in [0.4, 0.5) is 0 Å². The maximum Gasteiger partial charge on any atom is 0.161 e. The van der Waals surface area contributed by atoms with Crippen molar-refractivity contribution in [3.05, 3.63) is 23.8 Å². The van der Waals surface area contributed by atoms with E-state index in [1.807, 2.05) is 25.1 Å².